The second-order valence-corrected chi connectivity index (χ2v) is 6.54. The highest BCUT2D eigenvalue weighted by molar-refractivity contribution is 5.76. The van der Waals surface area contributed by atoms with Crippen LogP contribution in [-0.4, -0.2) is 34.0 Å². The first-order valence-corrected chi connectivity index (χ1v) is 9.61. The lowest BCUT2D eigenvalue weighted by molar-refractivity contribution is -0.121. The normalized spacial score (nSPS) is 11.1. The Labute approximate surface area is 164 Å². The quantitative estimate of drug-likeness (QED) is 0.578. The second-order valence-electron chi connectivity index (χ2n) is 6.54. The molecule has 0 saturated heterocycles. The maximum atomic E-state index is 12.1. The van der Waals surface area contributed by atoms with E-state index < -0.39 is 0 Å². The molecule has 0 radical (unpaired) electrons. The average Bonchev–Trinajstić information content (AvgIpc) is 3.41. The Morgan fingerprint density at radius 1 is 1.11 bits per heavy atom. The van der Waals surface area contributed by atoms with Gasteiger partial charge in [0.05, 0.1) is 6.26 Å². The lowest BCUT2D eigenvalue weighted by atomic mass is 10.1. The van der Waals surface area contributed by atoms with Gasteiger partial charge in [0.25, 0.3) is 0 Å². The van der Waals surface area contributed by atoms with Crippen LogP contribution in [0.2, 0.25) is 0 Å². The van der Waals surface area contributed by atoms with Gasteiger partial charge in [0, 0.05) is 25.9 Å². The molecule has 2 heterocycles. The van der Waals surface area contributed by atoms with Crippen LogP contribution < -0.4 is 5.32 Å². The molecule has 148 valence electrons. The lowest BCUT2D eigenvalue weighted by Gasteiger charge is -2.18. The van der Waals surface area contributed by atoms with Crippen molar-refractivity contribution in [1.82, 2.24) is 20.4 Å². The molecule has 3 rings (SSSR count). The standard InChI is InChI=1S/C21H26N4O3/c1-3-25(4-2)15-17-9-7-16(8-10-17)14-22-19(26)11-12-20-23-21(24-28-20)18-6-5-13-27-18/h5-10,13H,3-4,11-12,14-15H2,1-2H3,(H,22,26). The van der Waals surface area contributed by atoms with E-state index in [4.69, 9.17) is 8.94 Å². The van der Waals surface area contributed by atoms with Gasteiger partial charge in [-0.3, -0.25) is 9.69 Å². The first-order chi connectivity index (χ1) is 13.7. The summed E-state index contributed by atoms with van der Waals surface area (Å²) >= 11 is 0. The highest BCUT2D eigenvalue weighted by Crippen LogP contribution is 2.16. The summed E-state index contributed by atoms with van der Waals surface area (Å²) in [5.41, 5.74) is 2.36. The monoisotopic (exact) mass is 382 g/mol. The third-order valence-electron chi connectivity index (χ3n) is 4.59. The van der Waals surface area contributed by atoms with Gasteiger partial charge in [0.2, 0.25) is 17.6 Å². The Kier molecular flexibility index (Phi) is 6.97. The van der Waals surface area contributed by atoms with Crippen molar-refractivity contribution in [2.45, 2.75) is 39.8 Å². The fraction of sp³-hybridized carbons (Fsp3) is 0.381. The van der Waals surface area contributed by atoms with Crippen LogP contribution in [0.5, 0.6) is 0 Å². The Bertz CT molecular complexity index is 852. The van der Waals surface area contributed by atoms with Gasteiger partial charge in [-0.2, -0.15) is 4.98 Å². The Morgan fingerprint density at radius 3 is 2.54 bits per heavy atom. The van der Waals surface area contributed by atoms with E-state index >= 15 is 0 Å². The number of aromatic nitrogens is 2. The molecule has 0 unspecified atom stereocenters. The summed E-state index contributed by atoms with van der Waals surface area (Å²) in [6.07, 6.45) is 2.23. The molecule has 1 amide bonds. The summed E-state index contributed by atoms with van der Waals surface area (Å²) in [5, 5.41) is 6.78. The van der Waals surface area contributed by atoms with Crippen molar-refractivity contribution in [2.24, 2.45) is 0 Å². The SMILES string of the molecule is CCN(CC)Cc1ccc(CNC(=O)CCc2nc(-c3ccco3)no2)cc1. The van der Waals surface area contributed by atoms with Crippen molar-refractivity contribution in [3.05, 3.63) is 59.7 Å². The van der Waals surface area contributed by atoms with Gasteiger partial charge < -0.3 is 14.3 Å². The van der Waals surface area contributed by atoms with E-state index in [1.54, 1.807) is 18.4 Å². The summed E-state index contributed by atoms with van der Waals surface area (Å²) in [6, 6.07) is 11.9. The number of benzene rings is 1. The molecule has 0 atom stereocenters. The first kappa shape index (κ1) is 19.8. The molecule has 7 nitrogen and oxygen atoms in total. The van der Waals surface area contributed by atoms with E-state index in [1.807, 2.05) is 0 Å². The van der Waals surface area contributed by atoms with Crippen LogP contribution in [0.4, 0.5) is 0 Å². The zero-order valence-electron chi connectivity index (χ0n) is 16.4. The molecule has 0 aliphatic heterocycles. The third-order valence-corrected chi connectivity index (χ3v) is 4.59. The number of carbonyl (C=O) groups excluding carboxylic acids is 1. The molecule has 0 bridgehead atoms. The Hall–Kier alpha value is -2.93. The Morgan fingerprint density at radius 2 is 1.86 bits per heavy atom. The molecule has 0 saturated carbocycles. The van der Waals surface area contributed by atoms with E-state index in [9.17, 15) is 4.79 Å². The largest absolute Gasteiger partial charge is 0.461 e. The van der Waals surface area contributed by atoms with Crippen LogP contribution >= 0.6 is 0 Å². The predicted octanol–water partition coefficient (Wildman–Crippen LogP) is 3.42. The van der Waals surface area contributed by atoms with Crippen molar-refractivity contribution >= 4 is 5.91 Å². The van der Waals surface area contributed by atoms with E-state index in [1.165, 1.54) is 5.56 Å². The number of rotatable bonds is 10. The fourth-order valence-electron chi connectivity index (χ4n) is 2.84. The van der Waals surface area contributed by atoms with Crippen molar-refractivity contribution in [3.8, 4) is 11.6 Å². The van der Waals surface area contributed by atoms with Crippen LogP contribution in [0, 0.1) is 0 Å². The fourth-order valence-corrected chi connectivity index (χ4v) is 2.84. The molecule has 7 heteroatoms. The predicted molar refractivity (Wildman–Crippen MR) is 105 cm³/mol. The molecule has 1 N–H and O–H groups in total. The number of furan rings is 1. The highest BCUT2D eigenvalue weighted by atomic mass is 16.5. The van der Waals surface area contributed by atoms with Crippen molar-refractivity contribution < 1.29 is 13.7 Å². The molecule has 2 aromatic heterocycles. The van der Waals surface area contributed by atoms with Crippen molar-refractivity contribution in [2.75, 3.05) is 13.1 Å². The molecule has 0 aliphatic carbocycles. The number of hydrogen-bond acceptors (Lipinski definition) is 6. The molecule has 0 aliphatic rings. The third kappa shape index (κ3) is 5.53. The summed E-state index contributed by atoms with van der Waals surface area (Å²) in [4.78, 5) is 18.7. The van der Waals surface area contributed by atoms with Gasteiger partial charge in [0.1, 0.15) is 0 Å². The number of hydrogen-bond donors (Lipinski definition) is 1. The van der Waals surface area contributed by atoms with Crippen molar-refractivity contribution in [3.63, 3.8) is 0 Å². The Balaban J connectivity index is 1.42. The first-order valence-electron chi connectivity index (χ1n) is 9.61. The van der Waals surface area contributed by atoms with Crippen LogP contribution in [0.1, 0.15) is 37.3 Å². The summed E-state index contributed by atoms with van der Waals surface area (Å²) in [5.74, 6) is 1.31. The number of aryl methyl sites for hydroxylation is 1. The van der Waals surface area contributed by atoms with Gasteiger partial charge >= 0.3 is 0 Å². The molecular weight excluding hydrogens is 356 g/mol. The van der Waals surface area contributed by atoms with Gasteiger partial charge in [-0.25, -0.2) is 0 Å². The summed E-state index contributed by atoms with van der Waals surface area (Å²) in [6.45, 7) is 7.86. The maximum Gasteiger partial charge on any atom is 0.238 e. The maximum absolute atomic E-state index is 12.1. The number of nitrogens with one attached hydrogen (secondary N) is 1. The van der Waals surface area contributed by atoms with Crippen LogP contribution in [0.15, 0.2) is 51.6 Å². The van der Waals surface area contributed by atoms with Crippen LogP contribution in [0.25, 0.3) is 11.6 Å². The summed E-state index contributed by atoms with van der Waals surface area (Å²) < 4.78 is 10.4. The zero-order valence-corrected chi connectivity index (χ0v) is 16.4. The minimum absolute atomic E-state index is 0.0510. The van der Waals surface area contributed by atoms with Crippen LogP contribution in [0.3, 0.4) is 0 Å². The van der Waals surface area contributed by atoms with Gasteiger partial charge in [-0.1, -0.05) is 43.3 Å². The second kappa shape index (κ2) is 9.85. The lowest BCUT2D eigenvalue weighted by Crippen LogP contribution is -2.23. The van der Waals surface area contributed by atoms with Gasteiger partial charge in [0.15, 0.2) is 5.76 Å². The average molecular weight is 382 g/mol. The zero-order chi connectivity index (χ0) is 19.8. The molecule has 28 heavy (non-hydrogen) atoms. The molecule has 0 spiro atoms. The van der Waals surface area contributed by atoms with E-state index in [-0.39, 0.29) is 5.91 Å². The van der Waals surface area contributed by atoms with Crippen molar-refractivity contribution in [1.29, 1.82) is 0 Å². The topological polar surface area (TPSA) is 84.4 Å². The molecule has 1 aromatic carbocycles. The summed E-state index contributed by atoms with van der Waals surface area (Å²) in [7, 11) is 0. The van der Waals surface area contributed by atoms with Gasteiger partial charge in [-0.05, 0) is 36.3 Å². The molecule has 3 aromatic rings. The number of carbonyl (C=O) groups is 1. The minimum atomic E-state index is -0.0510. The van der Waals surface area contributed by atoms with E-state index in [0.717, 1.165) is 25.2 Å². The minimum Gasteiger partial charge on any atom is -0.461 e. The van der Waals surface area contributed by atoms with E-state index in [2.05, 4.69) is 58.5 Å². The highest BCUT2D eigenvalue weighted by Gasteiger charge is 2.12. The van der Waals surface area contributed by atoms with Crippen LogP contribution in [-0.2, 0) is 24.3 Å². The molecule has 0 fully saturated rings. The van der Waals surface area contributed by atoms with Gasteiger partial charge in [-0.15, -0.1) is 0 Å². The number of nitrogens with zero attached hydrogens (tertiary/aromatic N) is 3. The number of amides is 1. The molecular formula is C21H26N4O3. The van der Waals surface area contributed by atoms with E-state index in [0.29, 0.717) is 36.9 Å². The smallest absolute Gasteiger partial charge is 0.238 e.